The van der Waals surface area contributed by atoms with Crippen LogP contribution in [0.5, 0.6) is 0 Å². The molecule has 0 unspecified atom stereocenters. The van der Waals surface area contributed by atoms with E-state index in [4.69, 9.17) is 0 Å². The minimum absolute atomic E-state index is 0.0649. The molecule has 0 aliphatic carbocycles. The molecule has 27 heavy (non-hydrogen) atoms. The highest BCUT2D eigenvalue weighted by atomic mass is 32.2. The van der Waals surface area contributed by atoms with Crippen molar-refractivity contribution in [1.29, 1.82) is 0 Å². The van der Waals surface area contributed by atoms with Crippen LogP contribution in [0.4, 0.5) is 13.2 Å². The van der Waals surface area contributed by atoms with Crippen molar-refractivity contribution in [2.45, 2.75) is 24.2 Å². The summed E-state index contributed by atoms with van der Waals surface area (Å²) < 4.78 is 65.1. The van der Waals surface area contributed by atoms with Gasteiger partial charge < -0.3 is 10.1 Å². The highest BCUT2D eigenvalue weighted by molar-refractivity contribution is 7.89. The molecule has 0 saturated heterocycles. The number of halogens is 3. The standard InChI is InChI=1S/C16H15F3N4O3S/c1-9(24)7-22-27(25,26)14-3-2-10(8-21-14)11-4-5-20-15-12(11)6-13(23-15)16(17,18)19/h2-6,8-9,22,24H,7H2,1H3,(H,20,23)/t9-/m1/s1. The molecule has 3 rings (SSSR count). The van der Waals surface area contributed by atoms with Gasteiger partial charge in [0.2, 0.25) is 0 Å². The van der Waals surface area contributed by atoms with Crippen molar-refractivity contribution in [3.63, 3.8) is 0 Å². The van der Waals surface area contributed by atoms with Gasteiger partial charge in [0.1, 0.15) is 11.3 Å². The fraction of sp³-hybridized carbons (Fsp3) is 0.250. The second-order valence-corrected chi connectivity index (χ2v) is 7.60. The first-order chi connectivity index (χ1) is 12.6. The Morgan fingerprint density at radius 2 is 2.00 bits per heavy atom. The number of aromatic amines is 1. The molecule has 0 bridgehead atoms. The van der Waals surface area contributed by atoms with Gasteiger partial charge in [-0.15, -0.1) is 0 Å². The van der Waals surface area contributed by atoms with Crippen LogP contribution < -0.4 is 4.72 Å². The number of aromatic nitrogens is 3. The normalized spacial score (nSPS) is 13.8. The number of nitrogens with one attached hydrogen (secondary N) is 2. The van der Waals surface area contributed by atoms with Crippen LogP contribution >= 0.6 is 0 Å². The quantitative estimate of drug-likeness (QED) is 0.609. The summed E-state index contributed by atoms with van der Waals surface area (Å²) in [6.07, 6.45) is -2.79. The molecule has 3 aromatic heterocycles. The maximum absolute atomic E-state index is 12.9. The van der Waals surface area contributed by atoms with E-state index in [0.29, 0.717) is 11.1 Å². The summed E-state index contributed by atoms with van der Waals surface area (Å²) in [5, 5.41) is 9.16. The third-order valence-corrected chi connectivity index (χ3v) is 5.07. The Hall–Kier alpha value is -2.50. The van der Waals surface area contributed by atoms with Gasteiger partial charge in [0.25, 0.3) is 10.0 Å². The topological polar surface area (TPSA) is 108 Å². The summed E-state index contributed by atoms with van der Waals surface area (Å²) in [6.45, 7) is 1.26. The molecule has 3 heterocycles. The number of hydrogen-bond donors (Lipinski definition) is 3. The zero-order valence-corrected chi connectivity index (χ0v) is 14.8. The van der Waals surface area contributed by atoms with Gasteiger partial charge in [-0.2, -0.15) is 13.2 Å². The first-order valence-electron chi connectivity index (χ1n) is 7.77. The lowest BCUT2D eigenvalue weighted by atomic mass is 10.1. The van der Waals surface area contributed by atoms with E-state index in [1.165, 1.54) is 37.5 Å². The molecule has 3 aromatic rings. The minimum Gasteiger partial charge on any atom is -0.392 e. The monoisotopic (exact) mass is 400 g/mol. The van der Waals surface area contributed by atoms with Gasteiger partial charge in [0.05, 0.1) is 6.10 Å². The van der Waals surface area contributed by atoms with Crippen molar-refractivity contribution in [2.24, 2.45) is 0 Å². The van der Waals surface area contributed by atoms with Crippen molar-refractivity contribution in [3.05, 3.63) is 42.4 Å². The van der Waals surface area contributed by atoms with Gasteiger partial charge in [-0.1, -0.05) is 0 Å². The number of alkyl halides is 3. The Labute approximate surface area is 152 Å². The first-order valence-corrected chi connectivity index (χ1v) is 9.25. The summed E-state index contributed by atoms with van der Waals surface area (Å²) in [5.74, 6) is 0. The van der Waals surface area contributed by atoms with Crippen LogP contribution in [0.15, 0.2) is 41.7 Å². The smallest absolute Gasteiger partial charge is 0.392 e. The van der Waals surface area contributed by atoms with Gasteiger partial charge in [-0.05, 0) is 36.8 Å². The predicted molar refractivity (Wildman–Crippen MR) is 91.2 cm³/mol. The maximum atomic E-state index is 12.9. The van der Waals surface area contributed by atoms with Gasteiger partial charge in [-0.3, -0.25) is 0 Å². The molecule has 144 valence electrons. The zero-order valence-electron chi connectivity index (χ0n) is 13.9. The average molecular weight is 400 g/mol. The number of aliphatic hydroxyl groups is 1. The third kappa shape index (κ3) is 4.10. The molecule has 0 saturated carbocycles. The first kappa shape index (κ1) is 19.3. The van der Waals surface area contributed by atoms with E-state index >= 15 is 0 Å². The highest BCUT2D eigenvalue weighted by Crippen LogP contribution is 2.34. The van der Waals surface area contributed by atoms with Crippen molar-refractivity contribution >= 4 is 21.1 Å². The molecule has 7 nitrogen and oxygen atoms in total. The van der Waals surface area contributed by atoms with Crippen LogP contribution in [0.2, 0.25) is 0 Å². The Bertz CT molecular complexity index is 1060. The van der Waals surface area contributed by atoms with E-state index in [2.05, 4.69) is 19.7 Å². The van der Waals surface area contributed by atoms with E-state index in [1.807, 2.05) is 0 Å². The summed E-state index contributed by atoms with van der Waals surface area (Å²) in [6, 6.07) is 5.15. The lowest BCUT2D eigenvalue weighted by Crippen LogP contribution is -2.31. The number of pyridine rings is 2. The Balaban J connectivity index is 1.97. The van der Waals surface area contributed by atoms with Crippen LogP contribution in [0.3, 0.4) is 0 Å². The predicted octanol–water partition coefficient (Wildman–Crippen LogP) is 2.30. The molecule has 0 spiro atoms. The Morgan fingerprint density at radius 1 is 1.26 bits per heavy atom. The van der Waals surface area contributed by atoms with Gasteiger partial charge in [0, 0.05) is 29.9 Å². The van der Waals surface area contributed by atoms with Crippen LogP contribution in [-0.4, -0.2) is 41.1 Å². The molecule has 3 N–H and O–H groups in total. The van der Waals surface area contributed by atoms with E-state index in [-0.39, 0.29) is 22.6 Å². The van der Waals surface area contributed by atoms with E-state index in [0.717, 1.165) is 6.07 Å². The number of sulfonamides is 1. The molecular formula is C16H15F3N4O3S. The molecule has 0 amide bonds. The molecule has 0 aliphatic heterocycles. The number of nitrogens with zero attached hydrogens (tertiary/aromatic N) is 2. The molecule has 11 heteroatoms. The van der Waals surface area contributed by atoms with Crippen molar-refractivity contribution in [2.75, 3.05) is 6.54 Å². The average Bonchev–Trinajstić information content (AvgIpc) is 3.05. The molecule has 0 aliphatic rings. The van der Waals surface area contributed by atoms with E-state index in [1.54, 1.807) is 0 Å². The van der Waals surface area contributed by atoms with Crippen molar-refractivity contribution in [3.8, 4) is 11.1 Å². The summed E-state index contributed by atoms with van der Waals surface area (Å²) in [4.78, 5) is 10.00. The number of rotatable bonds is 5. The van der Waals surface area contributed by atoms with Gasteiger partial charge >= 0.3 is 6.18 Å². The number of hydrogen-bond acceptors (Lipinski definition) is 5. The maximum Gasteiger partial charge on any atom is 0.431 e. The lowest BCUT2D eigenvalue weighted by Gasteiger charge is -2.08. The molecule has 0 aromatic carbocycles. The minimum atomic E-state index is -4.54. The van der Waals surface area contributed by atoms with Crippen LogP contribution in [0, 0.1) is 0 Å². The Morgan fingerprint density at radius 3 is 2.59 bits per heavy atom. The van der Waals surface area contributed by atoms with Crippen LogP contribution in [0.25, 0.3) is 22.2 Å². The lowest BCUT2D eigenvalue weighted by molar-refractivity contribution is -0.140. The molecule has 0 radical (unpaired) electrons. The summed E-state index contributed by atoms with van der Waals surface area (Å²) in [7, 11) is -3.90. The van der Waals surface area contributed by atoms with Gasteiger partial charge in [0.15, 0.2) is 5.03 Å². The molecular weight excluding hydrogens is 385 g/mol. The second kappa shape index (κ2) is 6.91. The van der Waals surface area contributed by atoms with Crippen molar-refractivity contribution < 1.29 is 26.7 Å². The number of fused-ring (bicyclic) bond motifs is 1. The fourth-order valence-electron chi connectivity index (χ4n) is 2.43. The third-order valence-electron chi connectivity index (χ3n) is 3.73. The van der Waals surface area contributed by atoms with Crippen molar-refractivity contribution in [1.82, 2.24) is 19.7 Å². The van der Waals surface area contributed by atoms with E-state index in [9.17, 15) is 26.7 Å². The second-order valence-electron chi connectivity index (χ2n) is 5.89. The highest BCUT2D eigenvalue weighted by Gasteiger charge is 2.33. The van der Waals surface area contributed by atoms with Crippen LogP contribution in [0.1, 0.15) is 12.6 Å². The van der Waals surface area contributed by atoms with Gasteiger partial charge in [-0.25, -0.2) is 23.1 Å². The van der Waals surface area contributed by atoms with E-state index < -0.39 is 28.0 Å². The fourth-order valence-corrected chi connectivity index (χ4v) is 3.48. The number of aliphatic hydroxyl groups excluding tert-OH is 1. The molecule has 1 atom stereocenters. The summed E-state index contributed by atoms with van der Waals surface area (Å²) >= 11 is 0. The largest absolute Gasteiger partial charge is 0.431 e. The van der Waals surface area contributed by atoms with Crippen LogP contribution in [-0.2, 0) is 16.2 Å². The zero-order chi connectivity index (χ0) is 19.8. The number of H-pyrrole nitrogens is 1. The SMILES string of the molecule is C[C@@H](O)CNS(=O)(=O)c1ccc(-c2ccnc3[nH]c(C(F)(F)F)cc23)cn1. The molecule has 0 fully saturated rings. The summed E-state index contributed by atoms with van der Waals surface area (Å²) in [5.41, 5.74) is 0.00629. The Kier molecular flexibility index (Phi) is 4.93.